The van der Waals surface area contributed by atoms with E-state index in [1.165, 1.54) is 0 Å². The number of benzene rings is 3. The molecule has 3 aromatic rings. The zero-order valence-corrected chi connectivity index (χ0v) is 14.7. The second-order valence-electron chi connectivity index (χ2n) is 5.77. The van der Waals surface area contributed by atoms with Gasteiger partial charge in [0.2, 0.25) is 0 Å². The lowest BCUT2D eigenvalue weighted by Crippen LogP contribution is -2.02. The van der Waals surface area contributed by atoms with Crippen LogP contribution in [0.5, 0.6) is 5.75 Å². The fourth-order valence-electron chi connectivity index (χ4n) is 2.49. The molecular weight excluding hydrogens is 350 g/mol. The van der Waals surface area contributed by atoms with Gasteiger partial charge in [0.15, 0.2) is 0 Å². The minimum absolute atomic E-state index is 0.256. The quantitative estimate of drug-likeness (QED) is 0.600. The standard InChI is InChI=1S/C21H18ClNO3/c22-20-10-2-1-6-17(20)14-26-19-9-3-5-15(11-19)13-23-18-8-4-7-16(12-18)21(24)25/h1-12,23H,13-14H2,(H,24,25). The lowest BCUT2D eigenvalue weighted by Gasteiger charge is -2.11. The van der Waals surface area contributed by atoms with Crippen LogP contribution < -0.4 is 10.1 Å². The van der Waals surface area contributed by atoms with Crippen LogP contribution in [0.1, 0.15) is 21.5 Å². The average molecular weight is 368 g/mol. The number of anilines is 1. The highest BCUT2D eigenvalue weighted by atomic mass is 35.5. The monoisotopic (exact) mass is 367 g/mol. The Morgan fingerprint density at radius 3 is 2.62 bits per heavy atom. The molecule has 0 saturated carbocycles. The Morgan fingerprint density at radius 2 is 1.81 bits per heavy atom. The van der Waals surface area contributed by atoms with Crippen molar-refractivity contribution in [3.8, 4) is 5.75 Å². The minimum atomic E-state index is -0.941. The molecule has 3 aromatic carbocycles. The van der Waals surface area contributed by atoms with Crippen LogP contribution in [0.15, 0.2) is 72.8 Å². The molecule has 0 fully saturated rings. The molecule has 0 saturated heterocycles. The summed E-state index contributed by atoms with van der Waals surface area (Å²) >= 11 is 6.14. The van der Waals surface area contributed by atoms with Crippen LogP contribution in [0.25, 0.3) is 0 Å². The summed E-state index contributed by atoms with van der Waals surface area (Å²) in [5, 5.41) is 13.0. The van der Waals surface area contributed by atoms with E-state index in [1.807, 2.05) is 54.6 Å². The van der Waals surface area contributed by atoms with Gasteiger partial charge in [-0.05, 0) is 42.0 Å². The van der Waals surface area contributed by atoms with E-state index in [2.05, 4.69) is 5.32 Å². The van der Waals surface area contributed by atoms with Gasteiger partial charge in [0.05, 0.1) is 5.56 Å². The van der Waals surface area contributed by atoms with Gasteiger partial charge < -0.3 is 15.2 Å². The Hall–Kier alpha value is -2.98. The van der Waals surface area contributed by atoms with Crippen LogP contribution in [0.2, 0.25) is 5.02 Å². The molecule has 4 nitrogen and oxygen atoms in total. The number of carboxylic acids is 1. The predicted octanol–water partition coefficient (Wildman–Crippen LogP) is 5.23. The van der Waals surface area contributed by atoms with Crippen LogP contribution >= 0.6 is 11.6 Å². The molecule has 5 heteroatoms. The molecule has 0 unspecified atom stereocenters. The van der Waals surface area contributed by atoms with E-state index >= 15 is 0 Å². The first kappa shape index (κ1) is 17.8. The van der Waals surface area contributed by atoms with Gasteiger partial charge in [0.1, 0.15) is 12.4 Å². The van der Waals surface area contributed by atoms with E-state index < -0.39 is 5.97 Å². The summed E-state index contributed by atoms with van der Waals surface area (Å²) in [7, 11) is 0. The van der Waals surface area contributed by atoms with E-state index in [-0.39, 0.29) is 5.56 Å². The number of carboxylic acid groups (broad SMARTS) is 1. The van der Waals surface area contributed by atoms with Crippen molar-refractivity contribution in [2.75, 3.05) is 5.32 Å². The maximum absolute atomic E-state index is 11.0. The van der Waals surface area contributed by atoms with Gasteiger partial charge >= 0.3 is 5.97 Å². The Morgan fingerprint density at radius 1 is 1.00 bits per heavy atom. The van der Waals surface area contributed by atoms with E-state index in [0.717, 1.165) is 22.6 Å². The summed E-state index contributed by atoms with van der Waals surface area (Å²) in [5.41, 5.74) is 2.98. The Labute approximate surface area is 157 Å². The number of hydrogen-bond acceptors (Lipinski definition) is 3. The number of hydrogen-bond donors (Lipinski definition) is 2. The zero-order valence-electron chi connectivity index (χ0n) is 14.0. The summed E-state index contributed by atoms with van der Waals surface area (Å²) in [5.74, 6) is -0.188. The highest BCUT2D eigenvalue weighted by molar-refractivity contribution is 6.31. The van der Waals surface area contributed by atoms with Crippen molar-refractivity contribution in [1.29, 1.82) is 0 Å². The maximum Gasteiger partial charge on any atom is 0.335 e. The third-order valence-electron chi connectivity index (χ3n) is 3.86. The molecule has 0 aliphatic rings. The summed E-state index contributed by atoms with van der Waals surface area (Å²) in [6, 6.07) is 22.1. The van der Waals surface area contributed by atoms with Gasteiger partial charge in [0.25, 0.3) is 0 Å². The molecule has 0 heterocycles. The normalized spacial score (nSPS) is 10.3. The summed E-state index contributed by atoms with van der Waals surface area (Å²) < 4.78 is 5.83. The molecule has 0 aliphatic heterocycles. The highest BCUT2D eigenvalue weighted by Gasteiger charge is 2.04. The number of rotatable bonds is 7. The van der Waals surface area contributed by atoms with Crippen molar-refractivity contribution in [3.05, 3.63) is 94.5 Å². The van der Waals surface area contributed by atoms with Crippen LogP contribution in [0, 0.1) is 0 Å². The fraction of sp³-hybridized carbons (Fsp3) is 0.0952. The molecule has 2 N–H and O–H groups in total. The van der Waals surface area contributed by atoms with Gasteiger partial charge in [-0.1, -0.05) is 48.0 Å². The molecule has 0 aliphatic carbocycles. The van der Waals surface area contributed by atoms with Crippen molar-refractivity contribution in [3.63, 3.8) is 0 Å². The van der Waals surface area contributed by atoms with Gasteiger partial charge in [0, 0.05) is 22.8 Å². The summed E-state index contributed by atoms with van der Waals surface area (Å²) in [6.07, 6.45) is 0. The van der Waals surface area contributed by atoms with Crippen molar-refractivity contribution in [1.82, 2.24) is 0 Å². The van der Waals surface area contributed by atoms with Crippen LogP contribution in [0.3, 0.4) is 0 Å². The van der Waals surface area contributed by atoms with Gasteiger partial charge in [-0.15, -0.1) is 0 Å². The topological polar surface area (TPSA) is 58.6 Å². The number of aromatic carboxylic acids is 1. The molecular formula is C21H18ClNO3. The molecule has 0 radical (unpaired) electrons. The Bertz CT molecular complexity index is 911. The first-order chi connectivity index (χ1) is 12.6. The summed E-state index contributed by atoms with van der Waals surface area (Å²) in [4.78, 5) is 11.0. The SMILES string of the molecule is O=C(O)c1cccc(NCc2cccc(OCc3ccccc3Cl)c2)c1. The van der Waals surface area contributed by atoms with Crippen molar-refractivity contribution in [2.45, 2.75) is 13.2 Å². The maximum atomic E-state index is 11.0. The first-order valence-corrected chi connectivity index (χ1v) is 8.52. The zero-order chi connectivity index (χ0) is 18.4. The van der Waals surface area contributed by atoms with Crippen LogP contribution in [-0.2, 0) is 13.2 Å². The van der Waals surface area contributed by atoms with Gasteiger partial charge in [-0.25, -0.2) is 4.79 Å². The number of nitrogens with one attached hydrogen (secondary N) is 1. The lowest BCUT2D eigenvalue weighted by atomic mass is 10.2. The molecule has 132 valence electrons. The molecule has 0 atom stereocenters. The third-order valence-corrected chi connectivity index (χ3v) is 4.23. The molecule has 0 amide bonds. The van der Waals surface area contributed by atoms with Crippen LogP contribution in [-0.4, -0.2) is 11.1 Å². The smallest absolute Gasteiger partial charge is 0.335 e. The van der Waals surface area contributed by atoms with Gasteiger partial charge in [-0.2, -0.15) is 0 Å². The predicted molar refractivity (Wildman–Crippen MR) is 103 cm³/mol. The number of halogens is 1. The number of carbonyl (C=O) groups is 1. The van der Waals surface area contributed by atoms with E-state index in [9.17, 15) is 4.79 Å². The molecule has 0 bridgehead atoms. The van der Waals surface area contributed by atoms with Crippen LogP contribution in [0.4, 0.5) is 5.69 Å². The third kappa shape index (κ3) is 4.77. The Kier molecular flexibility index (Phi) is 5.77. The van der Waals surface area contributed by atoms with E-state index in [0.29, 0.717) is 18.2 Å². The highest BCUT2D eigenvalue weighted by Crippen LogP contribution is 2.20. The van der Waals surface area contributed by atoms with Crippen molar-refractivity contribution < 1.29 is 14.6 Å². The lowest BCUT2D eigenvalue weighted by molar-refractivity contribution is 0.0697. The van der Waals surface area contributed by atoms with Gasteiger partial charge in [-0.3, -0.25) is 0 Å². The minimum Gasteiger partial charge on any atom is -0.489 e. The molecule has 26 heavy (non-hydrogen) atoms. The second kappa shape index (κ2) is 8.41. The molecule has 3 rings (SSSR count). The molecule has 0 aromatic heterocycles. The summed E-state index contributed by atoms with van der Waals surface area (Å²) in [6.45, 7) is 0.962. The van der Waals surface area contributed by atoms with E-state index in [4.69, 9.17) is 21.4 Å². The average Bonchev–Trinajstić information content (AvgIpc) is 2.66. The number of ether oxygens (including phenoxy) is 1. The second-order valence-corrected chi connectivity index (χ2v) is 6.17. The fourth-order valence-corrected chi connectivity index (χ4v) is 2.68. The first-order valence-electron chi connectivity index (χ1n) is 8.14. The van der Waals surface area contributed by atoms with Crippen molar-refractivity contribution >= 4 is 23.3 Å². The Balaban J connectivity index is 1.61. The molecule has 0 spiro atoms. The van der Waals surface area contributed by atoms with E-state index in [1.54, 1.807) is 18.2 Å². The largest absolute Gasteiger partial charge is 0.489 e. The van der Waals surface area contributed by atoms with Crippen molar-refractivity contribution in [2.24, 2.45) is 0 Å².